The fourth-order valence-corrected chi connectivity index (χ4v) is 2.48. The minimum atomic E-state index is -1.19. The second kappa shape index (κ2) is 11.5. The van der Waals surface area contributed by atoms with E-state index in [2.05, 4.69) is 25.3 Å². The molecule has 4 nitrogen and oxygen atoms in total. The number of thiol groups is 2. The summed E-state index contributed by atoms with van der Waals surface area (Å²) in [5.41, 5.74) is 0.677. The number of carbonyl (C=O) groups is 2. The van der Waals surface area contributed by atoms with Gasteiger partial charge in [0.15, 0.2) is 0 Å². The van der Waals surface area contributed by atoms with Crippen LogP contribution >= 0.6 is 25.3 Å². The van der Waals surface area contributed by atoms with Gasteiger partial charge in [0.05, 0.1) is 5.97 Å². The van der Waals surface area contributed by atoms with Crippen LogP contribution in [0.15, 0.2) is 58.3 Å². The van der Waals surface area contributed by atoms with Crippen molar-refractivity contribution in [2.24, 2.45) is 0 Å². The number of carbonyl (C=O) groups excluding carboxylic acids is 2. The third-order valence-corrected chi connectivity index (χ3v) is 4.18. The standard InChI is InChI=1S/2C7H6O2S.Hg.Na/c2*8-7(9)5-3-1-2-4-6(5)10;;/h2*1-4,10H,(H,8,9);;/q;;2*+1/p-2. The Hall–Kier alpha value is 0.0151. The Kier molecular flexibility index (Phi) is 11.5. The number of aromatic carboxylic acids is 1. The molecular weight excluding hydrogens is 520 g/mol. The van der Waals surface area contributed by atoms with E-state index in [0.29, 0.717) is 15.4 Å². The number of hydrogen-bond acceptors (Lipinski definition) is 6. The largest absolute Gasteiger partial charge is 1.00 e. The van der Waals surface area contributed by atoms with E-state index in [-0.39, 0.29) is 67.7 Å². The van der Waals surface area contributed by atoms with Gasteiger partial charge in [-0.15, -0.1) is 12.6 Å². The molecule has 105 valence electrons. The summed E-state index contributed by atoms with van der Waals surface area (Å²) in [5.74, 6) is -1.45. The average molecular weight is 530 g/mol. The first-order valence-electron chi connectivity index (χ1n) is 5.71. The summed E-state index contributed by atoms with van der Waals surface area (Å²) in [7, 11) is 0. The summed E-state index contributed by atoms with van der Waals surface area (Å²) >= 11 is 8.08. The Morgan fingerprint density at radius 2 is 1.32 bits per heavy atom. The van der Waals surface area contributed by atoms with E-state index in [1.54, 1.807) is 36.4 Å². The van der Waals surface area contributed by atoms with Crippen molar-refractivity contribution >= 4 is 37.2 Å². The molecule has 0 unspecified atom stereocenters. The van der Waals surface area contributed by atoms with Crippen molar-refractivity contribution in [2.75, 3.05) is 0 Å². The van der Waals surface area contributed by atoms with Gasteiger partial charge in [0, 0.05) is 10.5 Å². The smallest absolute Gasteiger partial charge is 1.00 e. The second-order valence-electron chi connectivity index (χ2n) is 3.75. The summed E-state index contributed by atoms with van der Waals surface area (Å²) in [6, 6.07) is 13.5. The van der Waals surface area contributed by atoms with Gasteiger partial charge in [-0.05, 0) is 6.07 Å². The summed E-state index contributed by atoms with van der Waals surface area (Å²) in [5, 5.41) is 10.3. The van der Waals surface area contributed by atoms with Gasteiger partial charge in [0.2, 0.25) is 0 Å². The SMILES string of the molecule is O=C([O-])c1ccccc1S.O=C([O][Hg])c1ccccc1S.[Na+]. The van der Waals surface area contributed by atoms with Gasteiger partial charge in [-0.3, -0.25) is 0 Å². The minimum Gasteiger partial charge on any atom is 1.00 e. The molecule has 0 radical (unpaired) electrons. The molecule has 0 saturated heterocycles. The molecule has 8 heteroatoms. The second-order valence-corrected chi connectivity index (χ2v) is 5.84. The van der Waals surface area contributed by atoms with Gasteiger partial charge in [0.25, 0.3) is 0 Å². The molecule has 2 rings (SSSR count). The zero-order valence-corrected chi connectivity index (χ0v) is 21.1. The number of rotatable bonds is 2. The minimum absolute atomic E-state index is 0. The van der Waals surface area contributed by atoms with E-state index in [1.165, 1.54) is 6.07 Å². The Balaban J connectivity index is 0.000000385. The third-order valence-electron chi connectivity index (χ3n) is 2.38. The van der Waals surface area contributed by atoms with Crippen LogP contribution in [0.3, 0.4) is 0 Å². The molecule has 0 heterocycles. The van der Waals surface area contributed by atoms with Gasteiger partial charge in [0.1, 0.15) is 0 Å². The van der Waals surface area contributed by atoms with E-state index in [9.17, 15) is 14.7 Å². The molecule has 2 aromatic rings. The summed E-state index contributed by atoms with van der Waals surface area (Å²) in [4.78, 5) is 22.4. The topological polar surface area (TPSA) is 66.4 Å². The normalized spacial score (nSPS) is 8.91. The first-order valence-corrected chi connectivity index (χ1v) is 8.85. The van der Waals surface area contributed by atoms with Crippen LogP contribution < -0.4 is 34.7 Å². The number of carboxylic acid groups (broad SMARTS) is 1. The zero-order valence-electron chi connectivity index (χ0n) is 11.9. The van der Waals surface area contributed by atoms with Crippen molar-refractivity contribution < 1.29 is 73.5 Å². The number of carboxylic acids is 1. The van der Waals surface area contributed by atoms with Crippen LogP contribution in [0.25, 0.3) is 0 Å². The molecule has 0 amide bonds. The zero-order chi connectivity index (χ0) is 15.8. The van der Waals surface area contributed by atoms with Crippen molar-refractivity contribution in [3.05, 3.63) is 59.7 Å². The molecule has 0 N–H and O–H groups in total. The summed E-state index contributed by atoms with van der Waals surface area (Å²) < 4.78 is 4.72. The van der Waals surface area contributed by atoms with E-state index in [0.717, 1.165) is 0 Å². The van der Waals surface area contributed by atoms with Crippen LogP contribution in [0.4, 0.5) is 0 Å². The molecule has 0 saturated carbocycles. The Bertz CT molecular complexity index is 652. The predicted octanol–water partition coefficient (Wildman–Crippen LogP) is -1.06. The van der Waals surface area contributed by atoms with Crippen molar-refractivity contribution in [1.82, 2.24) is 0 Å². The van der Waals surface area contributed by atoms with E-state index in [1.807, 2.05) is 6.07 Å². The molecule has 0 fully saturated rings. The number of hydrogen-bond donors (Lipinski definition) is 2. The van der Waals surface area contributed by atoms with Gasteiger partial charge >= 0.3 is 117 Å². The fourth-order valence-electron chi connectivity index (χ4n) is 1.37. The maximum atomic E-state index is 11.0. The Labute approximate surface area is 178 Å². The maximum absolute atomic E-state index is 11.0. The van der Waals surface area contributed by atoms with Crippen LogP contribution in [-0.4, -0.2) is 11.9 Å². The van der Waals surface area contributed by atoms with Crippen LogP contribution in [-0.2, 0) is 29.2 Å². The molecule has 0 aliphatic rings. The first kappa shape index (κ1) is 22.0. The quantitative estimate of drug-likeness (QED) is 0.384. The van der Waals surface area contributed by atoms with Gasteiger partial charge in [-0.1, -0.05) is 18.2 Å². The molecule has 0 aliphatic carbocycles. The fraction of sp³-hybridized carbons (Fsp3) is 0. The van der Waals surface area contributed by atoms with Crippen LogP contribution in [0.5, 0.6) is 0 Å². The van der Waals surface area contributed by atoms with Crippen LogP contribution in [0.1, 0.15) is 20.7 Å². The molecular formula is C14H10HgNaO4S2. The maximum Gasteiger partial charge on any atom is 1.00 e. The summed E-state index contributed by atoms with van der Waals surface area (Å²) in [6.07, 6.45) is 0. The molecule has 0 bridgehead atoms. The molecule has 22 heavy (non-hydrogen) atoms. The van der Waals surface area contributed by atoms with E-state index in [4.69, 9.17) is 2.64 Å². The average Bonchev–Trinajstić information content (AvgIpc) is 2.48. The monoisotopic (exact) mass is 531 g/mol. The summed E-state index contributed by atoms with van der Waals surface area (Å²) in [6.45, 7) is 0. The van der Waals surface area contributed by atoms with Crippen LogP contribution in [0.2, 0.25) is 0 Å². The van der Waals surface area contributed by atoms with Crippen molar-refractivity contribution in [3.63, 3.8) is 0 Å². The van der Waals surface area contributed by atoms with Crippen LogP contribution in [0, 0.1) is 0 Å². The third kappa shape index (κ3) is 7.06. The van der Waals surface area contributed by atoms with Crippen molar-refractivity contribution in [2.45, 2.75) is 9.79 Å². The Morgan fingerprint density at radius 3 is 1.64 bits per heavy atom. The van der Waals surface area contributed by atoms with Gasteiger partial charge in [-0.25, -0.2) is 0 Å². The van der Waals surface area contributed by atoms with Crippen molar-refractivity contribution in [1.29, 1.82) is 0 Å². The predicted molar refractivity (Wildman–Crippen MR) is 77.1 cm³/mol. The molecule has 0 aromatic heterocycles. The van der Waals surface area contributed by atoms with E-state index >= 15 is 0 Å². The van der Waals surface area contributed by atoms with E-state index < -0.39 is 5.97 Å². The first-order chi connectivity index (χ1) is 9.97. The molecule has 0 aliphatic heterocycles. The van der Waals surface area contributed by atoms with Crippen molar-refractivity contribution in [3.8, 4) is 0 Å². The molecule has 0 atom stereocenters. The Morgan fingerprint density at radius 1 is 0.909 bits per heavy atom. The molecule has 2 aromatic carbocycles. The molecule has 0 spiro atoms. The van der Waals surface area contributed by atoms with Gasteiger partial charge in [-0.2, -0.15) is 0 Å². The van der Waals surface area contributed by atoms with Gasteiger partial charge < -0.3 is 9.90 Å². The number of benzene rings is 2.